The van der Waals surface area contributed by atoms with Crippen molar-refractivity contribution in [2.75, 3.05) is 0 Å². The standard InChI is InChI=1S/C20H20FN5O/c1-5-26-11-17(19(9-22)23-26)12(2)18-10-25(4)24-20(18)15-7-6-14(21)8-16(15)13(3)27/h6-8,10-11,13,27H,2,5H2,1,3-4H3/t13-/m1/s1. The van der Waals surface area contributed by atoms with Crippen LogP contribution in [0.5, 0.6) is 0 Å². The highest BCUT2D eigenvalue weighted by Crippen LogP contribution is 2.35. The normalized spacial score (nSPS) is 12.0. The predicted octanol–water partition coefficient (Wildman–Crippen LogP) is 3.43. The second-order valence-electron chi connectivity index (χ2n) is 6.31. The van der Waals surface area contributed by atoms with E-state index in [4.69, 9.17) is 0 Å². The van der Waals surface area contributed by atoms with Crippen molar-refractivity contribution in [3.05, 3.63) is 65.4 Å². The van der Waals surface area contributed by atoms with Crippen molar-refractivity contribution in [2.24, 2.45) is 7.05 Å². The van der Waals surface area contributed by atoms with E-state index in [1.54, 1.807) is 41.8 Å². The first-order valence-electron chi connectivity index (χ1n) is 8.54. The highest BCUT2D eigenvalue weighted by Gasteiger charge is 2.21. The van der Waals surface area contributed by atoms with Crippen LogP contribution in [-0.4, -0.2) is 24.7 Å². The molecule has 2 heterocycles. The summed E-state index contributed by atoms with van der Waals surface area (Å²) in [6.07, 6.45) is 2.70. The molecule has 0 spiro atoms. The van der Waals surface area contributed by atoms with Crippen LogP contribution in [0.4, 0.5) is 4.39 Å². The summed E-state index contributed by atoms with van der Waals surface area (Å²) in [6.45, 7) is 8.29. The molecule has 1 atom stereocenters. The number of halogens is 1. The molecule has 0 saturated heterocycles. The van der Waals surface area contributed by atoms with Gasteiger partial charge in [-0.3, -0.25) is 9.36 Å². The second kappa shape index (κ2) is 7.17. The predicted molar refractivity (Wildman–Crippen MR) is 100.0 cm³/mol. The first-order valence-corrected chi connectivity index (χ1v) is 8.54. The number of aliphatic hydroxyl groups excluding tert-OH is 1. The Labute approximate surface area is 156 Å². The lowest BCUT2D eigenvalue weighted by Gasteiger charge is -2.12. The van der Waals surface area contributed by atoms with Gasteiger partial charge in [0, 0.05) is 42.7 Å². The first kappa shape index (κ1) is 18.5. The number of hydrogen-bond acceptors (Lipinski definition) is 4. The molecule has 0 fully saturated rings. The van der Waals surface area contributed by atoms with E-state index in [0.717, 1.165) is 0 Å². The molecule has 0 radical (unpaired) electrons. The fourth-order valence-corrected chi connectivity index (χ4v) is 3.03. The summed E-state index contributed by atoms with van der Waals surface area (Å²) < 4.78 is 17.0. The Kier molecular flexibility index (Phi) is 4.93. The van der Waals surface area contributed by atoms with Crippen molar-refractivity contribution < 1.29 is 9.50 Å². The van der Waals surface area contributed by atoms with E-state index < -0.39 is 11.9 Å². The van der Waals surface area contributed by atoms with Crippen molar-refractivity contribution in [3.8, 4) is 17.3 Å². The number of aryl methyl sites for hydroxylation is 2. The van der Waals surface area contributed by atoms with Crippen LogP contribution in [0.25, 0.3) is 16.8 Å². The summed E-state index contributed by atoms with van der Waals surface area (Å²) >= 11 is 0. The minimum Gasteiger partial charge on any atom is -0.389 e. The molecular weight excluding hydrogens is 345 g/mol. The second-order valence-corrected chi connectivity index (χ2v) is 6.31. The van der Waals surface area contributed by atoms with E-state index in [1.807, 2.05) is 6.92 Å². The summed E-state index contributed by atoms with van der Waals surface area (Å²) in [5.74, 6) is -0.429. The SMILES string of the molecule is C=C(c1cn(CC)nc1C#N)c1cn(C)nc1-c1ccc(F)cc1[C@@H](C)O. The molecule has 0 aliphatic carbocycles. The van der Waals surface area contributed by atoms with E-state index in [-0.39, 0.29) is 5.69 Å². The third-order valence-electron chi connectivity index (χ3n) is 4.39. The van der Waals surface area contributed by atoms with Gasteiger partial charge in [-0.25, -0.2) is 4.39 Å². The minimum absolute atomic E-state index is 0.284. The first-order chi connectivity index (χ1) is 12.8. The Morgan fingerprint density at radius 2 is 2.07 bits per heavy atom. The zero-order valence-corrected chi connectivity index (χ0v) is 15.4. The van der Waals surface area contributed by atoms with Crippen LogP contribution >= 0.6 is 0 Å². The molecule has 1 N–H and O–H groups in total. The molecule has 3 aromatic rings. The average Bonchev–Trinajstić information content (AvgIpc) is 3.24. The quantitative estimate of drug-likeness (QED) is 0.751. The highest BCUT2D eigenvalue weighted by atomic mass is 19.1. The number of aliphatic hydroxyl groups is 1. The summed E-state index contributed by atoms with van der Waals surface area (Å²) in [7, 11) is 1.77. The van der Waals surface area contributed by atoms with Gasteiger partial charge in [0.25, 0.3) is 0 Å². The van der Waals surface area contributed by atoms with E-state index >= 15 is 0 Å². The molecular formula is C20H20FN5O. The average molecular weight is 365 g/mol. The molecule has 1 aromatic carbocycles. The molecule has 0 amide bonds. The van der Waals surface area contributed by atoms with Crippen LogP contribution in [0.3, 0.4) is 0 Å². The molecule has 6 nitrogen and oxygen atoms in total. The fraction of sp³-hybridized carbons (Fsp3) is 0.250. The van der Waals surface area contributed by atoms with Gasteiger partial charge in [-0.2, -0.15) is 15.5 Å². The minimum atomic E-state index is -0.865. The molecule has 0 bridgehead atoms. The Morgan fingerprint density at radius 1 is 1.33 bits per heavy atom. The lowest BCUT2D eigenvalue weighted by atomic mass is 9.94. The monoisotopic (exact) mass is 365 g/mol. The molecule has 0 saturated carbocycles. The van der Waals surface area contributed by atoms with E-state index in [2.05, 4.69) is 22.8 Å². The summed E-state index contributed by atoms with van der Waals surface area (Å²) in [4.78, 5) is 0. The highest BCUT2D eigenvalue weighted by molar-refractivity contribution is 5.87. The fourth-order valence-electron chi connectivity index (χ4n) is 3.03. The molecule has 27 heavy (non-hydrogen) atoms. The topological polar surface area (TPSA) is 79.7 Å². The van der Waals surface area contributed by atoms with Crippen LogP contribution in [-0.2, 0) is 13.6 Å². The molecule has 7 heteroatoms. The largest absolute Gasteiger partial charge is 0.389 e. The Hall–Kier alpha value is -3.24. The van der Waals surface area contributed by atoms with Crippen LogP contribution in [0.15, 0.2) is 37.2 Å². The Morgan fingerprint density at radius 3 is 2.70 bits per heavy atom. The van der Waals surface area contributed by atoms with Crippen LogP contribution in [0.1, 0.15) is 42.3 Å². The van der Waals surface area contributed by atoms with Gasteiger partial charge in [-0.1, -0.05) is 6.58 Å². The molecule has 2 aromatic heterocycles. The number of rotatable bonds is 5. The lowest BCUT2D eigenvalue weighted by molar-refractivity contribution is 0.199. The molecule has 3 rings (SSSR count). The Bertz CT molecular complexity index is 1050. The maximum atomic E-state index is 13.7. The summed E-state index contributed by atoms with van der Waals surface area (Å²) in [6, 6.07) is 6.32. The van der Waals surface area contributed by atoms with E-state index in [1.165, 1.54) is 12.1 Å². The van der Waals surface area contributed by atoms with Crippen molar-refractivity contribution in [2.45, 2.75) is 26.5 Å². The van der Waals surface area contributed by atoms with E-state index in [0.29, 0.717) is 40.1 Å². The van der Waals surface area contributed by atoms with Gasteiger partial charge < -0.3 is 5.11 Å². The molecule has 138 valence electrons. The maximum Gasteiger partial charge on any atom is 0.170 e. The summed E-state index contributed by atoms with van der Waals surface area (Å²) in [5, 5.41) is 28.2. The summed E-state index contributed by atoms with van der Waals surface area (Å²) in [5.41, 5.74) is 3.80. The van der Waals surface area contributed by atoms with Crippen molar-refractivity contribution in [3.63, 3.8) is 0 Å². The lowest BCUT2D eigenvalue weighted by Crippen LogP contribution is -1.99. The van der Waals surface area contributed by atoms with Crippen LogP contribution < -0.4 is 0 Å². The molecule has 0 unspecified atom stereocenters. The third kappa shape index (κ3) is 3.39. The van der Waals surface area contributed by atoms with Gasteiger partial charge in [-0.15, -0.1) is 0 Å². The van der Waals surface area contributed by atoms with Crippen LogP contribution in [0.2, 0.25) is 0 Å². The Balaban J connectivity index is 2.18. The van der Waals surface area contributed by atoms with Crippen LogP contribution in [0, 0.1) is 17.1 Å². The number of nitriles is 1. The zero-order valence-electron chi connectivity index (χ0n) is 15.4. The van der Waals surface area contributed by atoms with Crippen molar-refractivity contribution in [1.29, 1.82) is 5.26 Å². The molecule has 0 aliphatic heterocycles. The third-order valence-corrected chi connectivity index (χ3v) is 4.39. The van der Waals surface area contributed by atoms with Crippen molar-refractivity contribution in [1.82, 2.24) is 19.6 Å². The van der Waals surface area contributed by atoms with Gasteiger partial charge in [0.1, 0.15) is 17.6 Å². The smallest absolute Gasteiger partial charge is 0.170 e. The maximum absolute atomic E-state index is 13.7. The van der Waals surface area contributed by atoms with E-state index in [9.17, 15) is 14.8 Å². The zero-order chi connectivity index (χ0) is 19.7. The number of aromatic nitrogens is 4. The van der Waals surface area contributed by atoms with Gasteiger partial charge in [0.05, 0.1) is 6.10 Å². The number of hydrogen-bond donors (Lipinski definition) is 1. The van der Waals surface area contributed by atoms with Gasteiger partial charge in [0.2, 0.25) is 0 Å². The number of benzene rings is 1. The van der Waals surface area contributed by atoms with Gasteiger partial charge in [0.15, 0.2) is 5.69 Å². The van der Waals surface area contributed by atoms with Crippen molar-refractivity contribution >= 4 is 5.57 Å². The number of nitrogens with zero attached hydrogens (tertiary/aromatic N) is 5. The van der Waals surface area contributed by atoms with Gasteiger partial charge >= 0.3 is 0 Å². The van der Waals surface area contributed by atoms with Gasteiger partial charge in [-0.05, 0) is 43.2 Å². The molecule has 0 aliphatic rings.